The quantitative estimate of drug-likeness (QED) is 0.807. The number of rotatable bonds is 3. The normalized spacial score (nSPS) is 10.8. The van der Waals surface area contributed by atoms with Crippen molar-refractivity contribution < 1.29 is 9.90 Å². The monoisotopic (exact) mass is 329 g/mol. The molecule has 0 spiro atoms. The van der Waals surface area contributed by atoms with Gasteiger partial charge in [0.2, 0.25) is 0 Å². The van der Waals surface area contributed by atoms with Gasteiger partial charge in [0.25, 0.3) is 5.91 Å². The number of phenols is 1. The Morgan fingerprint density at radius 2 is 1.86 bits per heavy atom. The van der Waals surface area contributed by atoms with E-state index in [1.54, 1.807) is 43.6 Å². The van der Waals surface area contributed by atoms with Crippen LogP contribution in [-0.4, -0.2) is 16.0 Å². The second-order valence-corrected chi connectivity index (χ2v) is 4.25. The number of amides is 1. The maximum Gasteiger partial charge on any atom is 0.255 e. The van der Waals surface area contributed by atoms with E-state index in [0.29, 0.717) is 16.8 Å². The number of aromatic hydroxyl groups is 1. The van der Waals surface area contributed by atoms with E-state index in [1.807, 2.05) is 0 Å². The minimum absolute atomic E-state index is 0. The topological polar surface area (TPSA) is 88.2 Å². The number of benzene rings is 1. The van der Waals surface area contributed by atoms with Crippen LogP contribution in [0.1, 0.15) is 28.9 Å². The van der Waals surface area contributed by atoms with Gasteiger partial charge in [0.05, 0.1) is 0 Å². The minimum atomic E-state index is -0.294. The van der Waals surface area contributed by atoms with Crippen molar-refractivity contribution in [3.8, 4) is 5.75 Å². The summed E-state index contributed by atoms with van der Waals surface area (Å²) in [5, 5.41) is 12.5. The lowest BCUT2D eigenvalue weighted by molar-refractivity contribution is 0.102. The number of carbonyl (C=O) groups excluding carboxylic acids is 1. The van der Waals surface area contributed by atoms with E-state index in [4.69, 9.17) is 5.73 Å². The Balaban J connectivity index is 0.00000200. The van der Waals surface area contributed by atoms with Crippen molar-refractivity contribution in [2.24, 2.45) is 5.73 Å². The molecular weight excluding hydrogens is 313 g/mol. The highest BCUT2D eigenvalue weighted by atomic mass is 35.5. The van der Waals surface area contributed by atoms with Gasteiger partial charge < -0.3 is 16.2 Å². The number of nitrogens with two attached hydrogens (primary N) is 1. The number of aromatic nitrogens is 1. The summed E-state index contributed by atoms with van der Waals surface area (Å²) in [5.74, 6) is -0.268. The fourth-order valence-corrected chi connectivity index (χ4v) is 1.71. The highest BCUT2D eigenvalue weighted by Gasteiger charge is 2.11. The van der Waals surface area contributed by atoms with Crippen LogP contribution in [-0.2, 0) is 0 Å². The van der Waals surface area contributed by atoms with Crippen LogP contribution in [0.25, 0.3) is 0 Å². The molecule has 1 heterocycles. The largest absolute Gasteiger partial charge is 0.508 e. The molecule has 2 aromatic rings. The van der Waals surface area contributed by atoms with E-state index < -0.39 is 0 Å². The van der Waals surface area contributed by atoms with Crippen LogP contribution in [0.4, 0.5) is 5.69 Å². The van der Waals surface area contributed by atoms with E-state index in [2.05, 4.69) is 10.3 Å². The van der Waals surface area contributed by atoms with Gasteiger partial charge in [-0.15, -0.1) is 24.8 Å². The van der Waals surface area contributed by atoms with Crippen LogP contribution in [0.5, 0.6) is 5.75 Å². The van der Waals surface area contributed by atoms with Crippen LogP contribution in [0.3, 0.4) is 0 Å². The molecule has 4 N–H and O–H groups in total. The molecule has 0 aliphatic heterocycles. The molecule has 0 unspecified atom stereocenters. The van der Waals surface area contributed by atoms with Crippen LogP contribution in [0.2, 0.25) is 0 Å². The number of halogens is 2. The molecule has 0 fully saturated rings. The van der Waals surface area contributed by atoms with E-state index in [0.717, 1.165) is 0 Å². The summed E-state index contributed by atoms with van der Waals surface area (Å²) in [5.41, 5.74) is 7.33. The summed E-state index contributed by atoms with van der Waals surface area (Å²) in [6.45, 7) is 1.77. The summed E-state index contributed by atoms with van der Waals surface area (Å²) in [7, 11) is 0. The third-order valence-electron chi connectivity index (χ3n) is 2.72. The molecule has 7 heteroatoms. The Hall–Kier alpha value is -1.82. The van der Waals surface area contributed by atoms with Crippen LogP contribution < -0.4 is 11.1 Å². The number of nitrogens with zero attached hydrogens (tertiary/aromatic N) is 1. The summed E-state index contributed by atoms with van der Waals surface area (Å²) in [6.07, 6.45) is 3.18. The van der Waals surface area contributed by atoms with Gasteiger partial charge in [-0.25, -0.2) is 0 Å². The lowest BCUT2D eigenvalue weighted by Crippen LogP contribution is -2.12. The molecule has 21 heavy (non-hydrogen) atoms. The molecule has 114 valence electrons. The average molecular weight is 330 g/mol. The maximum absolute atomic E-state index is 12.0. The van der Waals surface area contributed by atoms with Gasteiger partial charge >= 0.3 is 0 Å². The van der Waals surface area contributed by atoms with Gasteiger partial charge in [-0.1, -0.05) is 6.07 Å². The number of carbonyl (C=O) groups is 1. The number of hydrogen-bond donors (Lipinski definition) is 3. The minimum Gasteiger partial charge on any atom is -0.508 e. The Morgan fingerprint density at radius 1 is 1.24 bits per heavy atom. The van der Waals surface area contributed by atoms with Gasteiger partial charge in [-0.05, 0) is 31.2 Å². The second kappa shape index (κ2) is 8.46. The van der Waals surface area contributed by atoms with E-state index >= 15 is 0 Å². The average Bonchev–Trinajstić information content (AvgIpc) is 2.39. The molecule has 0 saturated carbocycles. The molecule has 1 amide bonds. The zero-order valence-electron chi connectivity index (χ0n) is 11.3. The van der Waals surface area contributed by atoms with Crippen molar-refractivity contribution in [2.45, 2.75) is 13.0 Å². The van der Waals surface area contributed by atoms with Gasteiger partial charge in [0.15, 0.2) is 0 Å². The number of hydrogen-bond acceptors (Lipinski definition) is 4. The van der Waals surface area contributed by atoms with E-state index in [9.17, 15) is 9.90 Å². The number of pyridine rings is 1. The molecule has 0 radical (unpaired) electrons. The Morgan fingerprint density at radius 3 is 2.38 bits per heavy atom. The predicted octanol–water partition coefficient (Wildman–Crippen LogP) is 2.90. The summed E-state index contributed by atoms with van der Waals surface area (Å²) in [6, 6.07) is 7.80. The van der Waals surface area contributed by atoms with Crippen molar-refractivity contribution in [2.75, 3.05) is 5.32 Å². The fraction of sp³-hybridized carbons (Fsp3) is 0.143. The zero-order valence-corrected chi connectivity index (χ0v) is 12.9. The molecule has 0 aliphatic rings. The number of nitrogens with one attached hydrogen (secondary N) is 1. The first-order chi connectivity index (χ1) is 9.08. The van der Waals surface area contributed by atoms with Gasteiger partial charge in [0.1, 0.15) is 5.75 Å². The molecule has 1 aromatic heterocycles. The maximum atomic E-state index is 12.0. The molecular formula is C14H17Cl2N3O2. The predicted molar refractivity (Wildman–Crippen MR) is 87.4 cm³/mol. The zero-order chi connectivity index (χ0) is 13.8. The molecule has 1 aromatic carbocycles. The summed E-state index contributed by atoms with van der Waals surface area (Å²) < 4.78 is 0. The molecule has 1 atom stereocenters. The fourth-order valence-electron chi connectivity index (χ4n) is 1.71. The highest BCUT2D eigenvalue weighted by molar-refractivity contribution is 6.04. The van der Waals surface area contributed by atoms with Gasteiger partial charge in [0, 0.05) is 35.2 Å². The van der Waals surface area contributed by atoms with Gasteiger partial charge in [-0.3, -0.25) is 9.78 Å². The Kier molecular flexibility index (Phi) is 7.73. The van der Waals surface area contributed by atoms with Crippen molar-refractivity contribution in [1.29, 1.82) is 0 Å². The lowest BCUT2D eigenvalue weighted by atomic mass is 10.0. The summed E-state index contributed by atoms with van der Waals surface area (Å²) >= 11 is 0. The SMILES string of the molecule is C[C@@H](N)c1ccc(C(=O)Nc2ccncc2)cc1O.Cl.Cl. The van der Waals surface area contributed by atoms with Crippen molar-refractivity contribution in [3.05, 3.63) is 53.9 Å². The van der Waals surface area contributed by atoms with Crippen molar-refractivity contribution in [3.63, 3.8) is 0 Å². The van der Waals surface area contributed by atoms with E-state index in [-0.39, 0.29) is 42.5 Å². The first-order valence-electron chi connectivity index (χ1n) is 5.88. The lowest BCUT2D eigenvalue weighted by Gasteiger charge is -2.10. The molecule has 0 saturated heterocycles. The van der Waals surface area contributed by atoms with Crippen LogP contribution >= 0.6 is 24.8 Å². The van der Waals surface area contributed by atoms with Crippen molar-refractivity contribution in [1.82, 2.24) is 4.98 Å². The van der Waals surface area contributed by atoms with E-state index in [1.165, 1.54) is 6.07 Å². The summed E-state index contributed by atoms with van der Waals surface area (Å²) in [4.78, 5) is 15.8. The van der Waals surface area contributed by atoms with Crippen LogP contribution in [0.15, 0.2) is 42.7 Å². The van der Waals surface area contributed by atoms with Crippen molar-refractivity contribution >= 4 is 36.4 Å². The Labute approximate surface area is 135 Å². The first-order valence-corrected chi connectivity index (χ1v) is 5.88. The third kappa shape index (κ3) is 4.90. The molecule has 5 nitrogen and oxygen atoms in total. The smallest absolute Gasteiger partial charge is 0.255 e. The standard InChI is InChI=1S/C14H15N3O2.2ClH/c1-9(15)12-3-2-10(8-13(12)18)14(19)17-11-4-6-16-7-5-11;;/h2-9,18H,15H2,1H3,(H,16,17,19);2*1H/t9-;;/m1../s1. The number of anilines is 1. The molecule has 0 bridgehead atoms. The number of phenolic OH excluding ortho intramolecular Hbond substituents is 1. The molecule has 0 aliphatic carbocycles. The van der Waals surface area contributed by atoms with Gasteiger partial charge in [-0.2, -0.15) is 0 Å². The molecule has 2 rings (SSSR count). The third-order valence-corrected chi connectivity index (χ3v) is 2.72. The Bertz CT molecular complexity index is 592. The highest BCUT2D eigenvalue weighted by Crippen LogP contribution is 2.24. The van der Waals surface area contributed by atoms with Crippen LogP contribution in [0, 0.1) is 0 Å². The first kappa shape index (κ1) is 19.2. The second-order valence-electron chi connectivity index (χ2n) is 4.25.